The first-order chi connectivity index (χ1) is 14.2. The van der Waals surface area contributed by atoms with E-state index >= 15 is 0 Å². The van der Waals surface area contributed by atoms with Gasteiger partial charge >= 0.3 is 0 Å². The van der Waals surface area contributed by atoms with E-state index in [0.717, 1.165) is 0 Å². The lowest BCUT2D eigenvalue weighted by atomic mass is 10.1. The van der Waals surface area contributed by atoms with Crippen LogP contribution in [-0.2, 0) is 22.7 Å². The van der Waals surface area contributed by atoms with Crippen LogP contribution in [-0.4, -0.2) is 23.5 Å². The van der Waals surface area contributed by atoms with Gasteiger partial charge in [0.25, 0.3) is 0 Å². The van der Waals surface area contributed by atoms with Crippen LogP contribution in [0.3, 0.4) is 0 Å². The van der Waals surface area contributed by atoms with Gasteiger partial charge in [-0.1, -0.05) is 113 Å². The van der Waals surface area contributed by atoms with Crippen molar-refractivity contribution in [2.75, 3.05) is 0 Å². The lowest BCUT2D eigenvalue weighted by Gasteiger charge is -2.25. The lowest BCUT2D eigenvalue weighted by Crippen LogP contribution is -2.36. The van der Waals surface area contributed by atoms with Crippen molar-refractivity contribution in [2.45, 2.75) is 50.6 Å². The summed E-state index contributed by atoms with van der Waals surface area (Å²) in [5, 5.41) is 1.45. The van der Waals surface area contributed by atoms with Crippen LogP contribution in [0, 0.1) is 0 Å². The van der Waals surface area contributed by atoms with Crippen LogP contribution in [0.4, 0.5) is 0 Å². The molecular weight excluding hydrogens is 375 g/mol. The maximum absolute atomic E-state index is 6.52. The average Bonchev–Trinajstić information content (AvgIpc) is 3.01. The molecule has 3 aromatic rings. The molecular formula is C26H29O2P. The van der Waals surface area contributed by atoms with Crippen LogP contribution in [0.5, 0.6) is 0 Å². The van der Waals surface area contributed by atoms with Crippen LogP contribution in [0.15, 0.2) is 91.0 Å². The molecule has 3 heteroatoms. The molecule has 4 rings (SSSR count). The number of benzene rings is 3. The molecule has 0 saturated carbocycles. The molecule has 2 nitrogen and oxygen atoms in total. The molecule has 1 aliphatic rings. The SMILES string of the molecule is CC1C(OCc2ccccc2)[C@H](OCc2ccccc2)[C@H](C)P1c1ccccc1. The van der Waals surface area contributed by atoms with E-state index < -0.39 is 0 Å². The van der Waals surface area contributed by atoms with E-state index in [1.54, 1.807) is 0 Å². The predicted molar refractivity (Wildman–Crippen MR) is 122 cm³/mol. The Kier molecular flexibility index (Phi) is 6.77. The minimum atomic E-state index is -0.352. The van der Waals surface area contributed by atoms with Crippen molar-refractivity contribution < 1.29 is 9.47 Å². The Morgan fingerprint density at radius 2 is 0.966 bits per heavy atom. The van der Waals surface area contributed by atoms with E-state index in [2.05, 4.69) is 92.7 Å². The smallest absolute Gasteiger partial charge is 0.0915 e. The van der Waals surface area contributed by atoms with Gasteiger partial charge in [-0.2, -0.15) is 0 Å². The highest BCUT2D eigenvalue weighted by Gasteiger charge is 2.48. The van der Waals surface area contributed by atoms with Gasteiger partial charge in [-0.25, -0.2) is 0 Å². The Morgan fingerprint density at radius 3 is 1.38 bits per heavy atom. The van der Waals surface area contributed by atoms with Crippen molar-refractivity contribution >= 4 is 13.2 Å². The van der Waals surface area contributed by atoms with Crippen LogP contribution in [0.2, 0.25) is 0 Å². The lowest BCUT2D eigenvalue weighted by molar-refractivity contribution is -0.0758. The molecule has 3 unspecified atom stereocenters. The Morgan fingerprint density at radius 1 is 0.586 bits per heavy atom. The first-order valence-electron chi connectivity index (χ1n) is 10.4. The quantitative estimate of drug-likeness (QED) is 0.467. The molecule has 150 valence electrons. The van der Waals surface area contributed by atoms with Crippen molar-refractivity contribution in [1.29, 1.82) is 0 Å². The van der Waals surface area contributed by atoms with Crippen molar-refractivity contribution in [2.24, 2.45) is 0 Å². The fourth-order valence-electron chi connectivity index (χ4n) is 4.31. The Hall–Kier alpha value is -1.99. The predicted octanol–water partition coefficient (Wildman–Crippen LogP) is 5.76. The molecule has 3 aromatic carbocycles. The Bertz CT molecular complexity index is 813. The molecule has 0 amide bonds. The summed E-state index contributed by atoms with van der Waals surface area (Å²) < 4.78 is 13.0. The maximum Gasteiger partial charge on any atom is 0.0915 e. The summed E-state index contributed by atoms with van der Waals surface area (Å²) in [6, 6.07) is 31.8. The van der Waals surface area contributed by atoms with E-state index in [9.17, 15) is 0 Å². The number of hydrogen-bond acceptors (Lipinski definition) is 2. The Labute approximate surface area is 175 Å². The number of rotatable bonds is 7. The zero-order chi connectivity index (χ0) is 20.1. The summed E-state index contributed by atoms with van der Waals surface area (Å²) in [4.78, 5) is 0. The van der Waals surface area contributed by atoms with Gasteiger partial charge in [0.1, 0.15) is 0 Å². The van der Waals surface area contributed by atoms with Gasteiger partial charge in [0.15, 0.2) is 0 Å². The maximum atomic E-state index is 6.52. The second kappa shape index (κ2) is 9.67. The van der Waals surface area contributed by atoms with Gasteiger partial charge in [0.2, 0.25) is 0 Å². The van der Waals surface area contributed by atoms with E-state index in [-0.39, 0.29) is 20.1 Å². The van der Waals surface area contributed by atoms with E-state index in [0.29, 0.717) is 24.5 Å². The molecule has 29 heavy (non-hydrogen) atoms. The fourth-order valence-corrected chi connectivity index (χ4v) is 7.65. The molecule has 0 N–H and O–H groups in total. The third-order valence-corrected chi connectivity index (χ3v) is 9.01. The molecule has 0 spiro atoms. The highest BCUT2D eigenvalue weighted by molar-refractivity contribution is 7.67. The average molecular weight is 404 g/mol. The van der Waals surface area contributed by atoms with Crippen LogP contribution in [0.25, 0.3) is 0 Å². The van der Waals surface area contributed by atoms with Gasteiger partial charge in [0, 0.05) is 11.3 Å². The van der Waals surface area contributed by atoms with Gasteiger partial charge in [0.05, 0.1) is 25.4 Å². The first-order valence-corrected chi connectivity index (χ1v) is 11.9. The zero-order valence-electron chi connectivity index (χ0n) is 17.1. The molecule has 5 atom stereocenters. The Balaban J connectivity index is 1.53. The normalized spacial score (nSPS) is 26.5. The van der Waals surface area contributed by atoms with E-state index in [1.165, 1.54) is 16.4 Å². The standard InChI is InChI=1S/C26H29O2P/c1-20-25(27-18-22-12-6-3-7-13-22)26(28-19-23-14-8-4-9-15-23)21(2)29(20)24-16-10-5-11-17-24/h3-17,20-21,25-26H,18-19H2,1-2H3/t20-,21?,25+,26?,29?/m0/s1. The summed E-state index contributed by atoms with van der Waals surface area (Å²) >= 11 is 0. The summed E-state index contributed by atoms with van der Waals surface area (Å²) in [7, 11) is -0.352. The van der Waals surface area contributed by atoms with Crippen molar-refractivity contribution in [3.63, 3.8) is 0 Å². The summed E-state index contributed by atoms with van der Waals surface area (Å²) in [5.41, 5.74) is 3.33. The molecule has 1 saturated heterocycles. The fraction of sp³-hybridized carbons (Fsp3) is 0.308. The van der Waals surface area contributed by atoms with E-state index in [4.69, 9.17) is 9.47 Å². The molecule has 1 aliphatic heterocycles. The van der Waals surface area contributed by atoms with Gasteiger partial charge in [-0.15, -0.1) is 0 Å². The second-order valence-corrected chi connectivity index (χ2v) is 10.7. The number of ether oxygens (including phenoxy) is 2. The number of hydrogen-bond donors (Lipinski definition) is 0. The third-order valence-electron chi connectivity index (χ3n) is 5.78. The molecule has 0 aliphatic carbocycles. The molecule has 1 fully saturated rings. The minimum absolute atomic E-state index is 0.0974. The van der Waals surface area contributed by atoms with Gasteiger partial charge < -0.3 is 9.47 Å². The van der Waals surface area contributed by atoms with Gasteiger partial charge in [-0.3, -0.25) is 0 Å². The van der Waals surface area contributed by atoms with E-state index in [1.807, 2.05) is 12.1 Å². The second-order valence-electron chi connectivity index (χ2n) is 7.75. The summed E-state index contributed by atoms with van der Waals surface area (Å²) in [6.07, 6.45) is 0.195. The van der Waals surface area contributed by atoms with Crippen LogP contribution < -0.4 is 5.30 Å². The zero-order valence-corrected chi connectivity index (χ0v) is 18.0. The van der Waals surface area contributed by atoms with Crippen molar-refractivity contribution in [3.05, 3.63) is 102 Å². The van der Waals surface area contributed by atoms with Gasteiger partial charge in [-0.05, 0) is 16.4 Å². The molecule has 0 aromatic heterocycles. The first kappa shape index (κ1) is 20.3. The minimum Gasteiger partial charge on any atom is -0.370 e. The molecule has 1 heterocycles. The van der Waals surface area contributed by atoms with Crippen molar-refractivity contribution in [3.8, 4) is 0 Å². The van der Waals surface area contributed by atoms with Crippen LogP contribution >= 0.6 is 7.92 Å². The largest absolute Gasteiger partial charge is 0.370 e. The van der Waals surface area contributed by atoms with Crippen LogP contribution in [0.1, 0.15) is 25.0 Å². The van der Waals surface area contributed by atoms with Crippen molar-refractivity contribution in [1.82, 2.24) is 0 Å². The summed E-state index contributed by atoms with van der Waals surface area (Å²) in [5.74, 6) is 0. The molecule has 0 radical (unpaired) electrons. The third kappa shape index (κ3) is 4.78. The molecule has 0 bridgehead atoms. The summed E-state index contributed by atoms with van der Waals surface area (Å²) in [6.45, 7) is 5.95. The topological polar surface area (TPSA) is 18.5 Å². The monoisotopic (exact) mass is 404 g/mol. The highest BCUT2D eigenvalue weighted by Crippen LogP contribution is 2.56. The highest BCUT2D eigenvalue weighted by atomic mass is 31.1.